The second kappa shape index (κ2) is 6.89. The average Bonchev–Trinajstić information content (AvgIpc) is 2.39. The maximum Gasteiger partial charge on any atom is 0.309 e. The van der Waals surface area contributed by atoms with Crippen LogP contribution in [0.15, 0.2) is 24.8 Å². The highest BCUT2D eigenvalue weighted by molar-refractivity contribution is 6.35. The molecule has 1 aromatic rings. The van der Waals surface area contributed by atoms with Crippen molar-refractivity contribution in [2.75, 3.05) is 6.54 Å². The molecule has 0 saturated heterocycles. The molecule has 0 bridgehead atoms. The first-order valence-electron chi connectivity index (χ1n) is 6.64. The van der Waals surface area contributed by atoms with Crippen molar-refractivity contribution in [1.29, 1.82) is 0 Å². The lowest BCUT2D eigenvalue weighted by Gasteiger charge is -2.18. The second-order valence-electron chi connectivity index (χ2n) is 4.99. The van der Waals surface area contributed by atoms with E-state index in [4.69, 9.17) is 0 Å². The van der Waals surface area contributed by atoms with Crippen LogP contribution >= 0.6 is 0 Å². The van der Waals surface area contributed by atoms with E-state index >= 15 is 0 Å². The molecule has 0 radical (unpaired) electrons. The summed E-state index contributed by atoms with van der Waals surface area (Å²) < 4.78 is 0. The molecule has 0 unspecified atom stereocenters. The number of benzene rings is 1. The molecule has 0 aliphatic heterocycles. The maximum atomic E-state index is 11.7. The monoisotopic (exact) mass is 274 g/mol. The zero-order valence-electron chi connectivity index (χ0n) is 12.5. The minimum absolute atomic E-state index is 0.212. The van der Waals surface area contributed by atoms with Crippen molar-refractivity contribution in [1.82, 2.24) is 10.6 Å². The van der Waals surface area contributed by atoms with Gasteiger partial charge in [0.25, 0.3) is 0 Å². The molecular formula is C16H22N2O2. The van der Waals surface area contributed by atoms with Gasteiger partial charge in [0.15, 0.2) is 0 Å². The molecule has 2 N–H and O–H groups in total. The molecular weight excluding hydrogens is 252 g/mol. The van der Waals surface area contributed by atoms with Gasteiger partial charge >= 0.3 is 11.8 Å². The van der Waals surface area contributed by atoms with Crippen LogP contribution in [0.1, 0.15) is 35.2 Å². The third-order valence-corrected chi connectivity index (χ3v) is 3.31. The predicted molar refractivity (Wildman–Crippen MR) is 80.4 cm³/mol. The van der Waals surface area contributed by atoms with E-state index in [1.54, 1.807) is 0 Å². The van der Waals surface area contributed by atoms with Gasteiger partial charge < -0.3 is 10.6 Å². The Bertz CT molecular complexity index is 536. The molecule has 4 heteroatoms. The van der Waals surface area contributed by atoms with Crippen LogP contribution < -0.4 is 10.6 Å². The highest BCUT2D eigenvalue weighted by Gasteiger charge is 2.17. The minimum atomic E-state index is -0.641. The molecule has 1 aromatic carbocycles. The van der Waals surface area contributed by atoms with Crippen molar-refractivity contribution in [2.24, 2.45) is 0 Å². The van der Waals surface area contributed by atoms with Gasteiger partial charge in [-0.2, -0.15) is 0 Å². The smallest absolute Gasteiger partial charge is 0.309 e. The highest BCUT2D eigenvalue weighted by atomic mass is 16.2. The Morgan fingerprint density at radius 2 is 1.75 bits per heavy atom. The van der Waals surface area contributed by atoms with Crippen LogP contribution in [0.4, 0.5) is 0 Å². The standard InChI is InChI=1S/C16H22N2O2/c1-6-7-17-15(19)16(20)18-13(5)14-9-11(3)10(2)8-12(14)4/h6,8-9,13H,1,7H2,2-5H3,(H,17,19)(H,18,20)/t13-/m1/s1. The van der Waals surface area contributed by atoms with E-state index in [0.717, 1.165) is 11.1 Å². The number of carbonyl (C=O) groups excluding carboxylic acids is 2. The Hall–Kier alpha value is -2.10. The summed E-state index contributed by atoms with van der Waals surface area (Å²) in [5.41, 5.74) is 4.52. The first kappa shape index (κ1) is 16.0. The zero-order chi connectivity index (χ0) is 15.3. The second-order valence-corrected chi connectivity index (χ2v) is 4.99. The molecule has 0 aliphatic carbocycles. The predicted octanol–water partition coefficient (Wildman–Crippen LogP) is 2.09. The van der Waals surface area contributed by atoms with Crippen LogP contribution in [-0.4, -0.2) is 18.4 Å². The van der Waals surface area contributed by atoms with Crippen LogP contribution in [0.2, 0.25) is 0 Å². The average molecular weight is 274 g/mol. The van der Waals surface area contributed by atoms with Gasteiger partial charge in [-0.05, 0) is 49.9 Å². The molecule has 0 heterocycles. The lowest BCUT2D eigenvalue weighted by molar-refractivity contribution is -0.139. The van der Waals surface area contributed by atoms with Gasteiger partial charge in [0, 0.05) is 6.54 Å². The Balaban J connectivity index is 2.78. The number of rotatable bonds is 4. The molecule has 108 valence electrons. The van der Waals surface area contributed by atoms with Gasteiger partial charge in [-0.3, -0.25) is 9.59 Å². The molecule has 20 heavy (non-hydrogen) atoms. The summed E-state index contributed by atoms with van der Waals surface area (Å²) >= 11 is 0. The first-order chi connectivity index (χ1) is 9.36. The fourth-order valence-electron chi connectivity index (χ4n) is 2.03. The van der Waals surface area contributed by atoms with Gasteiger partial charge in [-0.15, -0.1) is 6.58 Å². The SMILES string of the molecule is C=CCNC(=O)C(=O)N[C@H](C)c1cc(C)c(C)cc1C. The lowest BCUT2D eigenvalue weighted by Crippen LogP contribution is -2.41. The highest BCUT2D eigenvalue weighted by Crippen LogP contribution is 2.21. The summed E-state index contributed by atoms with van der Waals surface area (Å²) in [4.78, 5) is 23.2. The van der Waals surface area contributed by atoms with Gasteiger partial charge in [-0.1, -0.05) is 18.2 Å². The number of aryl methyl sites for hydroxylation is 3. The van der Waals surface area contributed by atoms with E-state index in [0.29, 0.717) is 0 Å². The van der Waals surface area contributed by atoms with Crippen molar-refractivity contribution >= 4 is 11.8 Å². The van der Waals surface area contributed by atoms with E-state index in [2.05, 4.69) is 36.3 Å². The summed E-state index contributed by atoms with van der Waals surface area (Å²) in [5.74, 6) is -1.27. The Kier molecular flexibility index (Phi) is 5.50. The first-order valence-corrected chi connectivity index (χ1v) is 6.64. The van der Waals surface area contributed by atoms with E-state index < -0.39 is 11.8 Å². The number of nitrogens with one attached hydrogen (secondary N) is 2. The normalized spacial score (nSPS) is 11.6. The van der Waals surface area contributed by atoms with Crippen LogP contribution in [0.3, 0.4) is 0 Å². The van der Waals surface area contributed by atoms with Crippen molar-refractivity contribution in [3.63, 3.8) is 0 Å². The molecule has 0 fully saturated rings. The summed E-state index contributed by atoms with van der Waals surface area (Å²) in [7, 11) is 0. The largest absolute Gasteiger partial charge is 0.344 e. The van der Waals surface area contributed by atoms with Gasteiger partial charge in [0.1, 0.15) is 0 Å². The summed E-state index contributed by atoms with van der Waals surface area (Å²) in [5, 5.41) is 5.16. The Morgan fingerprint density at radius 1 is 1.15 bits per heavy atom. The Labute approximate surface area is 120 Å². The van der Waals surface area contributed by atoms with Crippen LogP contribution in [-0.2, 0) is 9.59 Å². The fourth-order valence-corrected chi connectivity index (χ4v) is 2.03. The van der Waals surface area contributed by atoms with E-state index in [9.17, 15) is 9.59 Å². The van der Waals surface area contributed by atoms with Crippen molar-refractivity contribution in [3.05, 3.63) is 47.0 Å². The van der Waals surface area contributed by atoms with E-state index in [1.807, 2.05) is 20.8 Å². The summed E-state index contributed by atoms with van der Waals surface area (Å²) in [6.07, 6.45) is 1.53. The molecule has 0 spiro atoms. The molecule has 2 amide bonds. The van der Waals surface area contributed by atoms with Crippen LogP contribution in [0.25, 0.3) is 0 Å². The van der Waals surface area contributed by atoms with Crippen molar-refractivity contribution < 1.29 is 9.59 Å². The fraction of sp³-hybridized carbons (Fsp3) is 0.375. The lowest BCUT2D eigenvalue weighted by atomic mass is 9.96. The third-order valence-electron chi connectivity index (χ3n) is 3.31. The molecule has 0 aliphatic rings. The number of hydrogen-bond donors (Lipinski definition) is 2. The van der Waals surface area contributed by atoms with Crippen molar-refractivity contribution in [2.45, 2.75) is 33.7 Å². The van der Waals surface area contributed by atoms with Gasteiger partial charge in [0.05, 0.1) is 6.04 Å². The summed E-state index contributed by atoms with van der Waals surface area (Å²) in [6.45, 7) is 11.7. The molecule has 0 saturated carbocycles. The zero-order valence-corrected chi connectivity index (χ0v) is 12.5. The van der Waals surface area contributed by atoms with E-state index in [1.165, 1.54) is 17.2 Å². The number of hydrogen-bond acceptors (Lipinski definition) is 2. The quantitative estimate of drug-likeness (QED) is 0.652. The summed E-state index contributed by atoms with van der Waals surface area (Å²) in [6, 6.07) is 3.93. The molecule has 1 rings (SSSR count). The molecule has 0 aromatic heterocycles. The molecule has 1 atom stereocenters. The van der Waals surface area contributed by atoms with Gasteiger partial charge in [-0.25, -0.2) is 0 Å². The third kappa shape index (κ3) is 3.95. The number of amides is 2. The van der Waals surface area contributed by atoms with Crippen LogP contribution in [0.5, 0.6) is 0 Å². The minimum Gasteiger partial charge on any atom is -0.344 e. The molecule has 4 nitrogen and oxygen atoms in total. The topological polar surface area (TPSA) is 58.2 Å². The van der Waals surface area contributed by atoms with Gasteiger partial charge in [0.2, 0.25) is 0 Å². The van der Waals surface area contributed by atoms with Crippen molar-refractivity contribution in [3.8, 4) is 0 Å². The number of carbonyl (C=O) groups is 2. The maximum absolute atomic E-state index is 11.7. The van der Waals surface area contributed by atoms with Crippen LogP contribution in [0, 0.1) is 20.8 Å². The Morgan fingerprint density at radius 3 is 2.35 bits per heavy atom. The van der Waals surface area contributed by atoms with E-state index in [-0.39, 0.29) is 12.6 Å².